The van der Waals surface area contributed by atoms with Crippen LogP contribution in [0.2, 0.25) is 0 Å². The first kappa shape index (κ1) is 44.3. The van der Waals surface area contributed by atoms with Gasteiger partial charge >= 0.3 is 0 Å². The second-order valence-electron chi connectivity index (χ2n) is 18.3. The molecular formula is C66H42F5N. The Morgan fingerprint density at radius 3 is 1.11 bits per heavy atom. The predicted octanol–water partition coefficient (Wildman–Crippen LogP) is 17.5. The Morgan fingerprint density at radius 1 is 0.319 bits per heavy atom. The van der Waals surface area contributed by atoms with Gasteiger partial charge in [0.1, 0.15) is 29.1 Å². The zero-order valence-corrected chi connectivity index (χ0v) is 38.7. The zero-order valence-electron chi connectivity index (χ0n) is 38.7. The van der Waals surface area contributed by atoms with E-state index in [1.807, 2.05) is 133 Å². The highest BCUT2D eigenvalue weighted by Crippen LogP contribution is 2.60. The Hall–Kier alpha value is -8.87. The van der Waals surface area contributed by atoms with Gasteiger partial charge in [0.2, 0.25) is 0 Å². The molecule has 0 N–H and O–H groups in total. The number of rotatable bonds is 10. The fourth-order valence-corrected chi connectivity index (χ4v) is 11.5. The Balaban J connectivity index is 1.14. The highest BCUT2D eigenvalue weighted by atomic mass is 19.1. The predicted molar refractivity (Wildman–Crippen MR) is 281 cm³/mol. The summed E-state index contributed by atoms with van der Waals surface area (Å²) >= 11 is 0. The van der Waals surface area contributed by atoms with Crippen molar-refractivity contribution >= 4 is 29.2 Å². The number of anilines is 3. The Morgan fingerprint density at radius 2 is 0.694 bits per heavy atom. The van der Waals surface area contributed by atoms with E-state index in [1.54, 1.807) is 36.4 Å². The van der Waals surface area contributed by atoms with Gasteiger partial charge in [-0.15, -0.1) is 0 Å². The molecule has 0 radical (unpaired) electrons. The fourth-order valence-electron chi connectivity index (χ4n) is 11.5. The first-order valence-electron chi connectivity index (χ1n) is 23.7. The number of halogens is 5. The molecule has 2 unspecified atom stereocenters. The van der Waals surface area contributed by atoms with Crippen LogP contribution in [0, 0.1) is 29.1 Å². The molecule has 10 aromatic rings. The van der Waals surface area contributed by atoms with E-state index in [2.05, 4.69) is 42.3 Å². The second-order valence-corrected chi connectivity index (χ2v) is 18.3. The van der Waals surface area contributed by atoms with Crippen molar-refractivity contribution in [3.05, 3.63) is 316 Å². The van der Waals surface area contributed by atoms with E-state index in [1.165, 1.54) is 24.3 Å². The van der Waals surface area contributed by atoms with Gasteiger partial charge in [-0.1, -0.05) is 171 Å². The molecule has 346 valence electrons. The van der Waals surface area contributed by atoms with Crippen LogP contribution in [-0.2, 0) is 10.8 Å². The molecule has 2 aliphatic rings. The minimum Gasteiger partial charge on any atom is -0.310 e. The van der Waals surface area contributed by atoms with Crippen molar-refractivity contribution in [2.75, 3.05) is 4.90 Å². The summed E-state index contributed by atoms with van der Waals surface area (Å²) in [5.74, 6) is -3.08. The van der Waals surface area contributed by atoms with Crippen LogP contribution in [-0.4, -0.2) is 0 Å². The first-order valence-corrected chi connectivity index (χ1v) is 23.7. The lowest BCUT2D eigenvalue weighted by Gasteiger charge is -2.36. The number of hydrogen-bond donors (Lipinski definition) is 0. The molecule has 2 atom stereocenters. The number of nitrogens with zero attached hydrogens (tertiary/aromatic N) is 1. The molecule has 0 heterocycles. The zero-order chi connectivity index (χ0) is 49.3. The van der Waals surface area contributed by atoms with Gasteiger partial charge in [-0.05, 0) is 139 Å². The molecule has 0 amide bonds. The van der Waals surface area contributed by atoms with E-state index in [0.29, 0.717) is 0 Å². The molecule has 2 aliphatic carbocycles. The summed E-state index contributed by atoms with van der Waals surface area (Å²) in [6.07, 6.45) is 3.51. The number of hydrogen-bond acceptors (Lipinski definition) is 1. The van der Waals surface area contributed by atoms with Crippen LogP contribution in [0.1, 0.15) is 55.6 Å². The van der Waals surface area contributed by atoms with E-state index in [4.69, 9.17) is 0 Å². The summed E-state index contributed by atoms with van der Waals surface area (Å²) in [5.41, 5.74) is 12.2. The molecule has 0 bridgehead atoms. The third-order valence-electron chi connectivity index (χ3n) is 14.7. The second kappa shape index (κ2) is 17.2. The van der Waals surface area contributed by atoms with Crippen molar-refractivity contribution in [2.45, 2.75) is 10.8 Å². The van der Waals surface area contributed by atoms with Crippen LogP contribution in [0.15, 0.2) is 232 Å². The van der Waals surface area contributed by atoms with E-state index in [9.17, 15) is 13.2 Å². The van der Waals surface area contributed by atoms with E-state index in [-0.39, 0.29) is 16.9 Å². The van der Waals surface area contributed by atoms with Gasteiger partial charge in [0, 0.05) is 40.3 Å². The van der Waals surface area contributed by atoms with Gasteiger partial charge in [-0.2, -0.15) is 0 Å². The van der Waals surface area contributed by atoms with Gasteiger partial charge < -0.3 is 4.90 Å². The van der Waals surface area contributed by atoms with Crippen LogP contribution in [0.5, 0.6) is 0 Å². The summed E-state index contributed by atoms with van der Waals surface area (Å²) < 4.78 is 77.8. The van der Waals surface area contributed by atoms with Crippen molar-refractivity contribution in [3.8, 4) is 33.4 Å². The van der Waals surface area contributed by atoms with Crippen LogP contribution >= 0.6 is 0 Å². The summed E-state index contributed by atoms with van der Waals surface area (Å²) in [4.78, 5) is 2.13. The molecule has 10 aromatic carbocycles. The average molecular weight is 944 g/mol. The summed E-state index contributed by atoms with van der Waals surface area (Å²) in [6, 6.07) is 66.0. The molecule has 0 aromatic heterocycles. The third kappa shape index (κ3) is 6.74. The van der Waals surface area contributed by atoms with E-state index in [0.717, 1.165) is 107 Å². The van der Waals surface area contributed by atoms with Gasteiger partial charge in [0.05, 0.1) is 10.8 Å². The molecule has 0 saturated heterocycles. The maximum atomic E-state index is 16.9. The molecule has 72 heavy (non-hydrogen) atoms. The molecule has 1 nitrogen and oxygen atoms in total. The standard InChI is InChI=1S/C66H42F5N/c1-3-41-13-21-45(22-14-41)65(59-35-27-48(68)37-63(59)70)57-11-7-5-9-53(57)55-33-31-51(39-61(55)65)72(50-29-19-44(20-30-50)43-17-25-47(67)26-18-43)52-32-34-56-54-10-6-8-12-58(54)66(62(56)40-52,46-23-15-42(4-2)16-24-46)60-36-28-49(69)38-64(60)71/h3-40H,1-2H2. The van der Waals surface area contributed by atoms with Crippen molar-refractivity contribution in [1.29, 1.82) is 0 Å². The molecule has 0 saturated carbocycles. The van der Waals surface area contributed by atoms with Crippen LogP contribution in [0.25, 0.3) is 45.5 Å². The molecular weight excluding hydrogens is 902 g/mol. The number of fused-ring (bicyclic) bond motifs is 6. The molecule has 12 rings (SSSR count). The molecule has 0 spiro atoms. The fraction of sp³-hybridized carbons (Fsp3) is 0.0303. The van der Waals surface area contributed by atoms with Crippen molar-refractivity contribution < 1.29 is 22.0 Å². The van der Waals surface area contributed by atoms with Gasteiger partial charge in [-0.25, -0.2) is 22.0 Å². The van der Waals surface area contributed by atoms with Crippen LogP contribution < -0.4 is 4.90 Å². The minimum atomic E-state index is -1.25. The van der Waals surface area contributed by atoms with Crippen LogP contribution in [0.3, 0.4) is 0 Å². The van der Waals surface area contributed by atoms with E-state index < -0.39 is 34.1 Å². The maximum absolute atomic E-state index is 16.9. The average Bonchev–Trinajstić information content (AvgIpc) is 3.87. The lowest BCUT2D eigenvalue weighted by molar-refractivity contribution is 0.555. The van der Waals surface area contributed by atoms with Crippen molar-refractivity contribution in [3.63, 3.8) is 0 Å². The Labute approximate surface area is 414 Å². The first-order chi connectivity index (χ1) is 35.1. The maximum Gasteiger partial charge on any atom is 0.130 e. The minimum absolute atomic E-state index is 0.290. The Bertz CT molecular complexity index is 3580. The lowest BCUT2D eigenvalue weighted by atomic mass is 9.67. The smallest absolute Gasteiger partial charge is 0.130 e. The normalized spacial score (nSPS) is 16.1. The van der Waals surface area contributed by atoms with Crippen molar-refractivity contribution in [1.82, 2.24) is 0 Å². The SMILES string of the molecule is C=Cc1ccc(C2(c3ccc(F)cc3F)c3ccccc3-c3ccc(N(c4ccc(-c5ccc(F)cc5)cc4)c4ccc5c(c4)C(c4ccc(C=C)cc4)(c4ccc(F)cc4F)c4ccccc4-5)cc32)cc1. The summed E-state index contributed by atoms with van der Waals surface area (Å²) in [7, 11) is 0. The summed E-state index contributed by atoms with van der Waals surface area (Å²) in [5, 5.41) is 0. The largest absolute Gasteiger partial charge is 0.310 e. The van der Waals surface area contributed by atoms with Crippen molar-refractivity contribution in [2.24, 2.45) is 0 Å². The van der Waals surface area contributed by atoms with Gasteiger partial charge in [0.25, 0.3) is 0 Å². The molecule has 0 fully saturated rings. The highest BCUT2D eigenvalue weighted by Gasteiger charge is 2.50. The molecule has 0 aliphatic heterocycles. The monoisotopic (exact) mass is 943 g/mol. The van der Waals surface area contributed by atoms with Gasteiger partial charge in [-0.3, -0.25) is 0 Å². The van der Waals surface area contributed by atoms with E-state index >= 15 is 8.78 Å². The number of benzene rings is 10. The summed E-state index contributed by atoms with van der Waals surface area (Å²) in [6.45, 7) is 7.95. The Kier molecular flexibility index (Phi) is 10.6. The van der Waals surface area contributed by atoms with Crippen LogP contribution in [0.4, 0.5) is 39.0 Å². The molecule has 6 heteroatoms. The van der Waals surface area contributed by atoms with Gasteiger partial charge in [0.15, 0.2) is 0 Å². The quantitative estimate of drug-likeness (QED) is 0.124. The lowest BCUT2D eigenvalue weighted by Crippen LogP contribution is -2.30. The highest BCUT2D eigenvalue weighted by molar-refractivity contribution is 5.92. The third-order valence-corrected chi connectivity index (χ3v) is 14.7. The topological polar surface area (TPSA) is 3.24 Å².